The quantitative estimate of drug-likeness (QED) is 0.450. The van der Waals surface area contributed by atoms with Crippen LogP contribution in [-0.4, -0.2) is 0 Å². The van der Waals surface area contributed by atoms with Gasteiger partial charge in [-0.05, 0) is 28.3 Å². The van der Waals surface area contributed by atoms with Gasteiger partial charge >= 0.3 is 0 Å². The Morgan fingerprint density at radius 3 is 1.91 bits per heavy atom. The Kier molecular flexibility index (Phi) is 0.803. The first-order valence-corrected chi connectivity index (χ1v) is 3.94. The van der Waals surface area contributed by atoms with E-state index >= 15 is 0 Å². The zero-order valence-electron chi connectivity index (χ0n) is 6.17. The summed E-state index contributed by atoms with van der Waals surface area (Å²) in [5, 5.41) is 2.76. The monoisotopic (exact) mass is 140 g/mol. The second-order valence-corrected chi connectivity index (χ2v) is 3.14. The molecule has 2 aromatic carbocycles. The average molecular weight is 140 g/mol. The van der Waals surface area contributed by atoms with E-state index < -0.39 is 0 Å². The van der Waals surface area contributed by atoms with E-state index in [9.17, 15) is 0 Å². The van der Waals surface area contributed by atoms with Crippen molar-refractivity contribution in [3.8, 4) is 0 Å². The van der Waals surface area contributed by atoms with E-state index in [-0.39, 0.29) is 0 Å². The second-order valence-electron chi connectivity index (χ2n) is 3.14. The highest BCUT2D eigenvalue weighted by atomic mass is 14.2. The lowest BCUT2D eigenvalue weighted by molar-refractivity contribution is 1.61. The third-order valence-corrected chi connectivity index (χ3v) is 2.32. The van der Waals surface area contributed by atoms with Gasteiger partial charge in [0.1, 0.15) is 0 Å². The molecule has 0 heterocycles. The minimum atomic E-state index is 1.22. The molecule has 0 aliphatic heterocycles. The lowest BCUT2D eigenvalue weighted by Crippen LogP contribution is -1.67. The van der Waals surface area contributed by atoms with Crippen LogP contribution in [0, 0.1) is 0 Å². The van der Waals surface area contributed by atoms with E-state index in [0.717, 1.165) is 0 Å². The second kappa shape index (κ2) is 1.65. The molecular formula is C11H8. The fourth-order valence-electron chi connectivity index (χ4n) is 1.60. The Bertz CT molecular complexity index is 386. The predicted molar refractivity (Wildman–Crippen MR) is 46.8 cm³/mol. The predicted octanol–water partition coefficient (Wildman–Crippen LogP) is 2.74. The van der Waals surface area contributed by atoms with Gasteiger partial charge < -0.3 is 0 Å². The topological polar surface area (TPSA) is 0 Å². The normalized spacial score (nSPS) is 13.1. The van der Waals surface area contributed by atoms with Crippen molar-refractivity contribution in [1.29, 1.82) is 0 Å². The van der Waals surface area contributed by atoms with Gasteiger partial charge in [0.2, 0.25) is 0 Å². The highest BCUT2D eigenvalue weighted by molar-refractivity contribution is 5.86. The van der Waals surface area contributed by atoms with Crippen LogP contribution in [-0.2, 0) is 6.42 Å². The molecule has 0 nitrogen and oxygen atoms in total. The standard InChI is InChI=1S/C11H8/c1-2-4-9-6-11-7-10(11)5-8(9)3-1/h1-6H,7H2. The highest BCUT2D eigenvalue weighted by Crippen LogP contribution is 2.31. The third-order valence-electron chi connectivity index (χ3n) is 2.32. The number of hydrogen-bond donors (Lipinski definition) is 0. The van der Waals surface area contributed by atoms with Crippen molar-refractivity contribution in [3.63, 3.8) is 0 Å². The first kappa shape index (κ1) is 5.36. The van der Waals surface area contributed by atoms with E-state index in [1.54, 1.807) is 0 Å². The molecule has 0 aromatic heterocycles. The van der Waals surface area contributed by atoms with Gasteiger partial charge in [0, 0.05) is 0 Å². The third kappa shape index (κ3) is 0.695. The van der Waals surface area contributed by atoms with Crippen molar-refractivity contribution in [2.24, 2.45) is 0 Å². The fraction of sp³-hybridized carbons (Fsp3) is 0.0909. The molecule has 0 spiro atoms. The summed E-state index contributed by atoms with van der Waals surface area (Å²) in [5.41, 5.74) is 3.06. The summed E-state index contributed by atoms with van der Waals surface area (Å²) >= 11 is 0. The maximum Gasteiger partial charge on any atom is -0.00196 e. The molecule has 3 rings (SSSR count). The van der Waals surface area contributed by atoms with Crippen molar-refractivity contribution in [3.05, 3.63) is 47.5 Å². The van der Waals surface area contributed by atoms with Crippen molar-refractivity contribution < 1.29 is 0 Å². The molecule has 0 saturated carbocycles. The smallest absolute Gasteiger partial charge is 0.00196 e. The maximum atomic E-state index is 2.30. The van der Waals surface area contributed by atoms with Crippen LogP contribution in [0.4, 0.5) is 0 Å². The first-order valence-electron chi connectivity index (χ1n) is 3.94. The minimum absolute atomic E-state index is 1.22. The number of fused-ring (bicyclic) bond motifs is 2. The van der Waals surface area contributed by atoms with Gasteiger partial charge in [-0.2, -0.15) is 0 Å². The van der Waals surface area contributed by atoms with Crippen LogP contribution in [0.3, 0.4) is 0 Å². The average Bonchev–Trinajstić information content (AvgIpc) is 2.77. The molecule has 0 unspecified atom stereocenters. The van der Waals surface area contributed by atoms with E-state index in [2.05, 4.69) is 36.4 Å². The summed E-state index contributed by atoms with van der Waals surface area (Å²) in [6, 6.07) is 13.1. The van der Waals surface area contributed by atoms with Crippen molar-refractivity contribution >= 4 is 10.8 Å². The van der Waals surface area contributed by atoms with Crippen molar-refractivity contribution in [1.82, 2.24) is 0 Å². The van der Waals surface area contributed by atoms with Gasteiger partial charge in [-0.15, -0.1) is 0 Å². The highest BCUT2D eigenvalue weighted by Gasteiger charge is 2.15. The largest absolute Gasteiger partial charge is 0.0616 e. The molecular weight excluding hydrogens is 132 g/mol. The maximum absolute atomic E-state index is 2.30. The molecule has 2 aromatic rings. The summed E-state index contributed by atoms with van der Waals surface area (Å²) in [5.74, 6) is 0. The van der Waals surface area contributed by atoms with Crippen LogP contribution in [0.1, 0.15) is 11.1 Å². The number of hydrogen-bond acceptors (Lipinski definition) is 0. The van der Waals surface area contributed by atoms with Crippen LogP contribution in [0.2, 0.25) is 0 Å². The Morgan fingerprint density at radius 1 is 0.818 bits per heavy atom. The molecule has 0 fully saturated rings. The molecule has 52 valence electrons. The van der Waals surface area contributed by atoms with Gasteiger partial charge in [-0.3, -0.25) is 0 Å². The fourth-order valence-corrected chi connectivity index (χ4v) is 1.60. The summed E-state index contributed by atoms with van der Waals surface area (Å²) in [6.07, 6.45) is 1.22. The van der Waals surface area contributed by atoms with Gasteiger partial charge in [-0.1, -0.05) is 36.4 Å². The molecule has 11 heavy (non-hydrogen) atoms. The van der Waals surface area contributed by atoms with Crippen LogP contribution >= 0.6 is 0 Å². The summed E-state index contributed by atoms with van der Waals surface area (Å²) in [4.78, 5) is 0. The van der Waals surface area contributed by atoms with E-state index in [4.69, 9.17) is 0 Å². The van der Waals surface area contributed by atoms with Gasteiger partial charge in [-0.25, -0.2) is 0 Å². The number of rotatable bonds is 0. The molecule has 1 aliphatic rings. The molecule has 0 bridgehead atoms. The lowest BCUT2D eigenvalue weighted by atomic mass is 10.1. The van der Waals surface area contributed by atoms with E-state index in [0.29, 0.717) is 0 Å². The number of benzene rings is 2. The zero-order chi connectivity index (χ0) is 7.26. The molecule has 1 aliphatic carbocycles. The Hall–Kier alpha value is -1.30. The zero-order valence-corrected chi connectivity index (χ0v) is 6.17. The van der Waals surface area contributed by atoms with Gasteiger partial charge in [0.05, 0.1) is 0 Å². The molecule has 0 amide bonds. The van der Waals surface area contributed by atoms with E-state index in [1.165, 1.54) is 28.3 Å². The summed E-state index contributed by atoms with van der Waals surface area (Å²) in [6.45, 7) is 0. The molecule has 0 atom stereocenters. The van der Waals surface area contributed by atoms with E-state index in [1.807, 2.05) is 0 Å². The lowest BCUT2D eigenvalue weighted by Gasteiger charge is -1.92. The summed E-state index contributed by atoms with van der Waals surface area (Å²) in [7, 11) is 0. The molecule has 0 radical (unpaired) electrons. The first-order chi connectivity index (χ1) is 5.43. The molecule has 0 saturated heterocycles. The Labute approximate surface area is 65.5 Å². The Morgan fingerprint density at radius 2 is 1.36 bits per heavy atom. The van der Waals surface area contributed by atoms with Crippen LogP contribution in [0.15, 0.2) is 36.4 Å². The minimum Gasteiger partial charge on any atom is -0.0616 e. The van der Waals surface area contributed by atoms with Gasteiger partial charge in [0.25, 0.3) is 0 Å². The van der Waals surface area contributed by atoms with Crippen LogP contribution in [0.25, 0.3) is 10.8 Å². The Balaban J connectivity index is 2.51. The van der Waals surface area contributed by atoms with Crippen molar-refractivity contribution in [2.75, 3.05) is 0 Å². The van der Waals surface area contributed by atoms with Crippen LogP contribution in [0.5, 0.6) is 0 Å². The SMILES string of the molecule is c1ccc2cc3c(cc2c1)C3. The molecule has 0 N–H and O–H groups in total. The van der Waals surface area contributed by atoms with Crippen molar-refractivity contribution in [2.45, 2.75) is 6.42 Å². The van der Waals surface area contributed by atoms with Crippen LogP contribution < -0.4 is 0 Å². The summed E-state index contributed by atoms with van der Waals surface area (Å²) < 4.78 is 0. The van der Waals surface area contributed by atoms with Gasteiger partial charge in [0.15, 0.2) is 0 Å². The molecule has 0 heteroatoms.